The van der Waals surface area contributed by atoms with Crippen molar-refractivity contribution in [2.24, 2.45) is 0 Å². The molecule has 1 aromatic carbocycles. The van der Waals surface area contributed by atoms with Crippen molar-refractivity contribution in [3.8, 4) is 0 Å². The van der Waals surface area contributed by atoms with Gasteiger partial charge in [0.25, 0.3) is 11.5 Å². The minimum Gasteiger partial charge on any atom is -0.355 e. The molecule has 2 N–H and O–H groups in total. The van der Waals surface area contributed by atoms with Crippen molar-refractivity contribution >= 4 is 40.2 Å². The molecule has 110 valence electrons. The van der Waals surface area contributed by atoms with Crippen molar-refractivity contribution in [2.75, 3.05) is 12.8 Å². The Bertz CT molecular complexity index is 734. The Labute approximate surface area is 131 Å². The van der Waals surface area contributed by atoms with Gasteiger partial charge in [0.1, 0.15) is 5.56 Å². The molecule has 0 bridgehead atoms. The summed E-state index contributed by atoms with van der Waals surface area (Å²) >= 11 is 7.69. The molecule has 0 unspecified atom stereocenters. The first-order valence-electron chi connectivity index (χ1n) is 6.43. The van der Waals surface area contributed by atoms with E-state index >= 15 is 0 Å². The van der Waals surface area contributed by atoms with Gasteiger partial charge in [-0.3, -0.25) is 9.59 Å². The number of halogens is 1. The van der Waals surface area contributed by atoms with Crippen LogP contribution < -0.4 is 10.9 Å². The summed E-state index contributed by atoms with van der Waals surface area (Å²) in [6.07, 6.45) is 3.48. The molecule has 3 rings (SSSR count). The normalized spacial score (nSPS) is 12.9. The van der Waals surface area contributed by atoms with Gasteiger partial charge in [0.2, 0.25) is 0 Å². The highest BCUT2D eigenvalue weighted by Gasteiger charge is 2.09. The maximum Gasteiger partial charge on any atom is 0.261 e. The fourth-order valence-corrected chi connectivity index (χ4v) is 2.67. The van der Waals surface area contributed by atoms with Gasteiger partial charge in [-0.2, -0.15) is 0 Å². The van der Waals surface area contributed by atoms with Crippen molar-refractivity contribution in [3.05, 3.63) is 56.7 Å². The first-order valence-corrected chi connectivity index (χ1v) is 7.86. The van der Waals surface area contributed by atoms with Gasteiger partial charge in [0, 0.05) is 23.3 Å². The van der Waals surface area contributed by atoms with E-state index in [0.29, 0.717) is 10.5 Å². The number of pyridine rings is 1. The molecule has 21 heavy (non-hydrogen) atoms. The summed E-state index contributed by atoms with van der Waals surface area (Å²) < 4.78 is 0. The molecule has 1 aliphatic rings. The summed E-state index contributed by atoms with van der Waals surface area (Å²) in [4.78, 5) is 25.6. The number of hydrogen-bond acceptors (Lipinski definition) is 3. The standard InChI is InChI=1S/C11H9ClN2O2.C4H6S/c1-13-10(15)8-4-6-2-3-7(12)5-9(6)14-11(8)16;1-2-4-5-3-1/h2-5H,1H3,(H,13,15)(H,14,16);1,3H,2,4H2. The quantitative estimate of drug-likeness (QED) is 0.847. The van der Waals surface area contributed by atoms with E-state index in [1.165, 1.54) is 19.2 Å². The van der Waals surface area contributed by atoms with Crippen molar-refractivity contribution in [2.45, 2.75) is 6.42 Å². The van der Waals surface area contributed by atoms with E-state index in [4.69, 9.17) is 11.6 Å². The summed E-state index contributed by atoms with van der Waals surface area (Å²) in [5.74, 6) is 0.901. The number of amides is 1. The molecule has 2 heterocycles. The molecule has 0 saturated carbocycles. The molecular weight excluding hydrogens is 308 g/mol. The minimum atomic E-state index is -0.422. The maximum atomic E-state index is 11.6. The van der Waals surface area contributed by atoms with Gasteiger partial charge < -0.3 is 10.3 Å². The van der Waals surface area contributed by atoms with Gasteiger partial charge in [-0.15, -0.1) is 11.8 Å². The van der Waals surface area contributed by atoms with Gasteiger partial charge in [-0.1, -0.05) is 23.7 Å². The Morgan fingerprint density at radius 1 is 1.38 bits per heavy atom. The van der Waals surface area contributed by atoms with E-state index in [9.17, 15) is 9.59 Å². The number of fused-ring (bicyclic) bond motifs is 1. The van der Waals surface area contributed by atoms with Crippen LogP contribution in [0.5, 0.6) is 0 Å². The average Bonchev–Trinajstić information content (AvgIpc) is 3.05. The second-order valence-electron chi connectivity index (χ2n) is 4.35. The summed E-state index contributed by atoms with van der Waals surface area (Å²) in [6.45, 7) is 0. The molecule has 2 aromatic rings. The van der Waals surface area contributed by atoms with Crippen molar-refractivity contribution in [1.82, 2.24) is 10.3 Å². The lowest BCUT2D eigenvalue weighted by Gasteiger charge is -2.02. The van der Waals surface area contributed by atoms with Crippen LogP contribution in [-0.2, 0) is 0 Å². The lowest BCUT2D eigenvalue weighted by atomic mass is 10.1. The van der Waals surface area contributed by atoms with Gasteiger partial charge >= 0.3 is 0 Å². The summed E-state index contributed by atoms with van der Waals surface area (Å²) in [5, 5.41) is 5.87. The smallest absolute Gasteiger partial charge is 0.261 e. The van der Waals surface area contributed by atoms with Crippen LogP contribution in [0, 0.1) is 0 Å². The van der Waals surface area contributed by atoms with Crippen LogP contribution in [0.25, 0.3) is 10.9 Å². The maximum absolute atomic E-state index is 11.6. The van der Waals surface area contributed by atoms with Crippen LogP contribution in [0.4, 0.5) is 0 Å². The van der Waals surface area contributed by atoms with Crippen LogP contribution in [0.2, 0.25) is 5.02 Å². The zero-order valence-electron chi connectivity index (χ0n) is 11.5. The van der Waals surface area contributed by atoms with Crippen LogP contribution in [-0.4, -0.2) is 23.7 Å². The van der Waals surface area contributed by atoms with Crippen molar-refractivity contribution in [1.29, 1.82) is 0 Å². The molecule has 0 fully saturated rings. The SMILES string of the molecule is C1=CSCC1.CNC(=O)c1cc2ccc(Cl)cc2[nH]c1=O. The molecule has 1 aliphatic heterocycles. The van der Waals surface area contributed by atoms with Crippen molar-refractivity contribution in [3.63, 3.8) is 0 Å². The predicted molar refractivity (Wildman–Crippen MR) is 89.2 cm³/mol. The molecule has 0 saturated heterocycles. The Morgan fingerprint density at radius 2 is 2.19 bits per heavy atom. The number of aromatic nitrogens is 1. The first kappa shape index (κ1) is 15.7. The topological polar surface area (TPSA) is 62.0 Å². The number of nitrogens with one attached hydrogen (secondary N) is 2. The van der Waals surface area contributed by atoms with Crippen molar-refractivity contribution < 1.29 is 4.79 Å². The lowest BCUT2D eigenvalue weighted by molar-refractivity contribution is 0.0962. The van der Waals surface area contributed by atoms with Gasteiger partial charge in [-0.05, 0) is 35.4 Å². The Balaban J connectivity index is 0.000000272. The van der Waals surface area contributed by atoms with Gasteiger partial charge in [0.15, 0.2) is 0 Å². The van der Waals surface area contributed by atoms with E-state index in [1.807, 2.05) is 11.8 Å². The number of carbonyl (C=O) groups excluding carboxylic acids is 1. The number of hydrogen-bond donors (Lipinski definition) is 2. The van der Waals surface area contributed by atoms with Crippen LogP contribution in [0.3, 0.4) is 0 Å². The molecule has 0 spiro atoms. The Hall–Kier alpha value is -1.72. The molecule has 0 atom stereocenters. The third-order valence-electron chi connectivity index (χ3n) is 2.87. The average molecular weight is 323 g/mol. The molecule has 1 aromatic heterocycles. The fourth-order valence-electron chi connectivity index (χ4n) is 1.82. The zero-order valence-corrected chi connectivity index (χ0v) is 13.1. The summed E-state index contributed by atoms with van der Waals surface area (Å²) in [6, 6.07) is 6.64. The lowest BCUT2D eigenvalue weighted by Crippen LogP contribution is -2.26. The van der Waals surface area contributed by atoms with Gasteiger partial charge in [-0.25, -0.2) is 0 Å². The Morgan fingerprint density at radius 3 is 2.76 bits per heavy atom. The zero-order chi connectivity index (χ0) is 15.2. The number of benzene rings is 1. The fraction of sp³-hybridized carbons (Fsp3) is 0.200. The minimum absolute atomic E-state index is 0.0947. The van der Waals surface area contributed by atoms with Crippen LogP contribution in [0.1, 0.15) is 16.8 Å². The second kappa shape index (κ2) is 7.33. The third-order valence-corrected chi connectivity index (χ3v) is 3.97. The van der Waals surface area contributed by atoms with Crippen LogP contribution in [0.15, 0.2) is 40.5 Å². The number of allylic oxidation sites excluding steroid dienone is 1. The Kier molecular flexibility index (Phi) is 5.47. The number of thioether (sulfide) groups is 1. The molecule has 6 heteroatoms. The van der Waals surface area contributed by atoms with Gasteiger partial charge in [0.05, 0.1) is 0 Å². The molecule has 4 nitrogen and oxygen atoms in total. The monoisotopic (exact) mass is 322 g/mol. The molecule has 1 amide bonds. The number of rotatable bonds is 1. The van der Waals surface area contributed by atoms with E-state index in [1.54, 1.807) is 24.3 Å². The number of carbonyl (C=O) groups is 1. The first-order chi connectivity index (χ1) is 10.1. The summed E-state index contributed by atoms with van der Waals surface area (Å²) in [5.41, 5.74) is 0.289. The highest BCUT2D eigenvalue weighted by molar-refractivity contribution is 8.02. The molecule has 0 aliphatic carbocycles. The molecule has 0 radical (unpaired) electrons. The molecular formula is C15H15ClN2O2S. The predicted octanol–water partition coefficient (Wildman–Crippen LogP) is 3.18. The van der Waals surface area contributed by atoms with E-state index in [0.717, 1.165) is 5.39 Å². The third kappa shape index (κ3) is 4.12. The van der Waals surface area contributed by atoms with E-state index < -0.39 is 11.5 Å². The largest absolute Gasteiger partial charge is 0.355 e. The van der Waals surface area contributed by atoms with E-state index in [-0.39, 0.29) is 5.56 Å². The highest BCUT2D eigenvalue weighted by Crippen LogP contribution is 2.16. The number of aromatic amines is 1. The number of H-pyrrole nitrogens is 1. The highest BCUT2D eigenvalue weighted by atomic mass is 35.5. The van der Waals surface area contributed by atoms with Crippen LogP contribution >= 0.6 is 23.4 Å². The summed E-state index contributed by atoms with van der Waals surface area (Å²) in [7, 11) is 1.48. The van der Waals surface area contributed by atoms with E-state index in [2.05, 4.69) is 21.8 Å². The second-order valence-corrected chi connectivity index (χ2v) is 5.80.